The van der Waals surface area contributed by atoms with E-state index in [1.54, 1.807) is 16.4 Å². The standard InChI is InChI=1S/C30H42N4O5S/c1-3-26-12-13-27(39-26)20-31-21-29(35)28(16-22-10-6-5-7-11-22)33-30(36)23-17-24(32-4-2)19-25(18-23)34-14-8-9-15-40(34,37)38/h5-7,10-13,17-19,28-29,31-32,35,37-38H,3-4,8-9,14-16,20-21H2,1-2H3,(H,33,36)/t28-,29+/m0/s1. The Balaban J connectivity index is 1.52. The minimum absolute atomic E-state index is 0.261. The van der Waals surface area contributed by atoms with Crippen LogP contribution in [-0.4, -0.2) is 57.7 Å². The Morgan fingerprint density at radius 1 is 1.05 bits per heavy atom. The summed E-state index contributed by atoms with van der Waals surface area (Å²) >= 11 is 0. The number of aliphatic hydroxyl groups excluding tert-OH is 1. The van der Waals surface area contributed by atoms with E-state index in [0.29, 0.717) is 43.1 Å². The summed E-state index contributed by atoms with van der Waals surface area (Å²) in [4.78, 5) is 13.6. The van der Waals surface area contributed by atoms with Gasteiger partial charge < -0.3 is 25.5 Å². The van der Waals surface area contributed by atoms with E-state index >= 15 is 0 Å². The van der Waals surface area contributed by atoms with Crippen LogP contribution in [0, 0.1) is 0 Å². The number of carbonyl (C=O) groups is 1. The number of nitrogens with one attached hydrogen (secondary N) is 3. The first-order valence-corrected chi connectivity index (χ1v) is 15.7. The fraction of sp³-hybridized carbons (Fsp3) is 0.433. The van der Waals surface area contributed by atoms with Gasteiger partial charge in [-0.25, -0.2) is 0 Å². The van der Waals surface area contributed by atoms with Gasteiger partial charge >= 0.3 is 0 Å². The van der Waals surface area contributed by atoms with E-state index in [4.69, 9.17) is 4.42 Å². The molecule has 0 bridgehead atoms. The molecule has 40 heavy (non-hydrogen) atoms. The molecule has 1 aromatic heterocycles. The largest absolute Gasteiger partial charge is 0.465 e. The second kappa shape index (κ2) is 14.0. The van der Waals surface area contributed by atoms with Crippen LogP contribution in [0.15, 0.2) is 65.1 Å². The van der Waals surface area contributed by atoms with E-state index in [9.17, 15) is 19.0 Å². The lowest BCUT2D eigenvalue weighted by atomic mass is 10.00. The zero-order chi connectivity index (χ0) is 28.5. The number of aliphatic hydroxyl groups is 1. The molecule has 218 valence electrons. The van der Waals surface area contributed by atoms with Gasteiger partial charge in [0.1, 0.15) is 11.5 Å². The van der Waals surface area contributed by atoms with Crippen molar-refractivity contribution in [3.63, 3.8) is 0 Å². The monoisotopic (exact) mass is 570 g/mol. The summed E-state index contributed by atoms with van der Waals surface area (Å²) in [5.41, 5.74) is 2.69. The summed E-state index contributed by atoms with van der Waals surface area (Å²) in [7, 11) is -2.94. The second-order valence-corrected chi connectivity index (χ2v) is 12.2. The average Bonchev–Trinajstić information content (AvgIpc) is 3.41. The lowest BCUT2D eigenvalue weighted by Crippen LogP contribution is -2.48. The number of carbonyl (C=O) groups excluding carboxylic acids is 1. The number of amides is 1. The first-order chi connectivity index (χ1) is 19.3. The number of furan rings is 1. The van der Waals surface area contributed by atoms with Crippen LogP contribution in [0.5, 0.6) is 0 Å². The predicted octanol–water partition coefficient (Wildman–Crippen LogP) is 5.03. The van der Waals surface area contributed by atoms with Crippen LogP contribution >= 0.6 is 10.8 Å². The fourth-order valence-electron chi connectivity index (χ4n) is 4.89. The number of aryl methyl sites for hydroxylation is 1. The van der Waals surface area contributed by atoms with Gasteiger partial charge in [-0.2, -0.15) is 0 Å². The van der Waals surface area contributed by atoms with Crippen molar-refractivity contribution in [2.75, 3.05) is 35.0 Å². The lowest BCUT2D eigenvalue weighted by molar-refractivity contribution is 0.0829. The summed E-state index contributed by atoms with van der Waals surface area (Å²) in [6, 6.07) is 18.4. The van der Waals surface area contributed by atoms with E-state index in [1.807, 2.05) is 62.4 Å². The van der Waals surface area contributed by atoms with Gasteiger partial charge in [0, 0.05) is 37.3 Å². The smallest absolute Gasteiger partial charge is 0.251 e. The summed E-state index contributed by atoms with van der Waals surface area (Å²) in [6.45, 7) is 5.89. The van der Waals surface area contributed by atoms with Gasteiger partial charge in [0.05, 0.1) is 30.1 Å². The van der Waals surface area contributed by atoms with Gasteiger partial charge in [0.25, 0.3) is 5.91 Å². The number of hydrogen-bond acceptors (Lipinski definition) is 8. The molecule has 0 radical (unpaired) electrons. The molecule has 1 amide bonds. The summed E-state index contributed by atoms with van der Waals surface area (Å²) in [6.07, 6.45) is 2.00. The number of benzene rings is 2. The quantitative estimate of drug-likeness (QED) is 0.169. The molecule has 2 atom stereocenters. The highest BCUT2D eigenvalue weighted by molar-refractivity contribution is 8.25. The molecule has 3 aromatic rings. The van der Waals surface area contributed by atoms with Gasteiger partial charge in [-0.05, 0) is 62.1 Å². The molecule has 2 aromatic carbocycles. The molecule has 1 aliphatic rings. The summed E-state index contributed by atoms with van der Waals surface area (Å²) in [5, 5.41) is 20.7. The Morgan fingerprint density at radius 2 is 1.82 bits per heavy atom. The second-order valence-electron chi connectivity index (χ2n) is 10.1. The van der Waals surface area contributed by atoms with E-state index in [-0.39, 0.29) is 12.5 Å². The van der Waals surface area contributed by atoms with Crippen LogP contribution in [0.2, 0.25) is 0 Å². The highest BCUT2D eigenvalue weighted by atomic mass is 32.3. The number of hydrogen-bond donors (Lipinski definition) is 6. The fourth-order valence-corrected chi connectivity index (χ4v) is 6.57. The molecule has 4 rings (SSSR count). The highest BCUT2D eigenvalue weighted by Gasteiger charge is 2.28. The third-order valence-electron chi connectivity index (χ3n) is 7.03. The Hall–Kier alpha value is -3.02. The Kier molecular flexibility index (Phi) is 10.5. The normalized spacial score (nSPS) is 17.2. The maximum Gasteiger partial charge on any atom is 0.251 e. The van der Waals surface area contributed by atoms with Crippen LogP contribution in [0.3, 0.4) is 0 Å². The molecule has 9 nitrogen and oxygen atoms in total. The molecule has 1 aliphatic heterocycles. The van der Waals surface area contributed by atoms with Crippen molar-refractivity contribution in [2.24, 2.45) is 0 Å². The maximum absolute atomic E-state index is 13.6. The van der Waals surface area contributed by atoms with Crippen molar-refractivity contribution in [3.05, 3.63) is 83.3 Å². The van der Waals surface area contributed by atoms with Gasteiger partial charge in [0.15, 0.2) is 0 Å². The molecule has 0 spiro atoms. The van der Waals surface area contributed by atoms with Crippen molar-refractivity contribution < 1.29 is 23.4 Å². The van der Waals surface area contributed by atoms with Crippen molar-refractivity contribution in [1.29, 1.82) is 0 Å². The molecule has 1 fully saturated rings. The van der Waals surface area contributed by atoms with Gasteiger partial charge in [-0.15, -0.1) is 10.8 Å². The number of anilines is 2. The third kappa shape index (κ3) is 8.02. The van der Waals surface area contributed by atoms with E-state index in [2.05, 4.69) is 16.0 Å². The maximum atomic E-state index is 13.6. The molecule has 0 aliphatic carbocycles. The van der Waals surface area contributed by atoms with Crippen LogP contribution < -0.4 is 20.3 Å². The highest BCUT2D eigenvalue weighted by Crippen LogP contribution is 2.50. The lowest BCUT2D eigenvalue weighted by Gasteiger charge is -2.47. The first kappa shape index (κ1) is 30.0. The van der Waals surface area contributed by atoms with Crippen LogP contribution in [0.25, 0.3) is 0 Å². The number of nitrogens with zero attached hydrogens (tertiary/aromatic N) is 1. The van der Waals surface area contributed by atoms with Crippen LogP contribution in [0.1, 0.15) is 54.1 Å². The number of rotatable bonds is 13. The van der Waals surface area contributed by atoms with Crippen molar-refractivity contribution in [1.82, 2.24) is 10.6 Å². The molecule has 0 unspecified atom stereocenters. The Labute approximate surface area is 238 Å². The molecule has 10 heteroatoms. The van der Waals surface area contributed by atoms with E-state index in [0.717, 1.165) is 42.0 Å². The van der Waals surface area contributed by atoms with Crippen molar-refractivity contribution in [2.45, 2.75) is 58.2 Å². The SMILES string of the molecule is CCNc1cc(C(=O)N[C@@H](Cc2ccccc2)[C@H](O)CNCc2ccc(CC)o2)cc(N2CCCCS2(O)O)c1. The first-order valence-electron chi connectivity index (χ1n) is 14.0. The molecule has 6 N–H and O–H groups in total. The third-order valence-corrected chi connectivity index (χ3v) is 8.96. The van der Waals surface area contributed by atoms with Crippen LogP contribution in [-0.2, 0) is 19.4 Å². The molecular formula is C30H42N4O5S. The zero-order valence-corrected chi connectivity index (χ0v) is 24.1. The Morgan fingerprint density at radius 3 is 2.52 bits per heavy atom. The summed E-state index contributed by atoms with van der Waals surface area (Å²) in [5.74, 6) is 1.68. The minimum Gasteiger partial charge on any atom is -0.465 e. The van der Waals surface area contributed by atoms with Gasteiger partial charge in [-0.1, -0.05) is 37.3 Å². The van der Waals surface area contributed by atoms with E-state index in [1.165, 1.54) is 0 Å². The van der Waals surface area contributed by atoms with Crippen molar-refractivity contribution in [3.8, 4) is 0 Å². The van der Waals surface area contributed by atoms with Gasteiger partial charge in [-0.3, -0.25) is 18.2 Å². The summed E-state index contributed by atoms with van der Waals surface area (Å²) < 4.78 is 28.8. The molecule has 0 saturated carbocycles. The molecular weight excluding hydrogens is 528 g/mol. The average molecular weight is 571 g/mol. The van der Waals surface area contributed by atoms with Crippen molar-refractivity contribution >= 4 is 28.1 Å². The van der Waals surface area contributed by atoms with E-state index < -0.39 is 22.9 Å². The van der Waals surface area contributed by atoms with Gasteiger partial charge in [0.2, 0.25) is 0 Å². The minimum atomic E-state index is -2.94. The topological polar surface area (TPSA) is 130 Å². The molecule has 1 saturated heterocycles. The molecule has 2 heterocycles. The van der Waals surface area contributed by atoms with Crippen LogP contribution in [0.4, 0.5) is 11.4 Å². The predicted molar refractivity (Wildman–Crippen MR) is 162 cm³/mol. The zero-order valence-electron chi connectivity index (χ0n) is 23.3. The Bertz CT molecular complexity index is 1240.